The summed E-state index contributed by atoms with van der Waals surface area (Å²) < 4.78 is 7.43. The maximum absolute atomic E-state index is 14.4. The SMILES string of the molecule is C=CCN1C[C@H](C(=O)N(CCCN(C)C)C(=O)NCC)C[C@@H]2c3cccc4[nH]cc(c34)C[C@H]21.CC(C)C[C@H]1C(=O)N2CCC[C@H]2[C@]2(O)O[C@](NC(=O)[C@@H]3C=C4c5cccc6[nH]c(Br)c(c56)C[C@H]4N(C)C3)(C(C)C)C(=O)N12. The van der Waals surface area contributed by atoms with Gasteiger partial charge in [-0.3, -0.25) is 43.5 Å². The van der Waals surface area contributed by atoms with Crippen LogP contribution >= 0.6 is 15.9 Å². The number of nitrogens with zero attached hydrogens (tertiary/aromatic N) is 6. The average Bonchev–Trinajstić information content (AvgIpc) is 4.38. The highest BCUT2D eigenvalue weighted by molar-refractivity contribution is 9.10. The maximum atomic E-state index is 14.4. The molecule has 9 atom stereocenters. The molecule has 4 fully saturated rings. The zero-order valence-electron chi connectivity index (χ0n) is 45.5. The number of aromatic amines is 2. The number of aromatic nitrogens is 2. The van der Waals surface area contributed by atoms with Crippen molar-refractivity contribution in [1.82, 2.24) is 50.0 Å². The van der Waals surface area contributed by atoms with E-state index < -0.39 is 41.5 Å². The molecular weight excluding hydrogens is 1030 g/mol. The largest absolute Gasteiger partial charge is 0.361 e. The highest BCUT2D eigenvalue weighted by Crippen LogP contribution is 2.50. The van der Waals surface area contributed by atoms with Gasteiger partial charge in [0.25, 0.3) is 11.8 Å². The fraction of sp³-hybridized carbons (Fsp3) is 0.569. The molecule has 0 bridgehead atoms. The second-order valence-electron chi connectivity index (χ2n) is 23.3. The number of piperazine rings is 1. The molecule has 408 valence electrons. The third-order valence-electron chi connectivity index (χ3n) is 17.4. The topological polar surface area (TPSA) is 190 Å². The first-order valence-electron chi connectivity index (χ1n) is 27.6. The zero-order valence-corrected chi connectivity index (χ0v) is 47.0. The van der Waals surface area contributed by atoms with Crippen molar-refractivity contribution in [3.8, 4) is 0 Å². The van der Waals surface area contributed by atoms with Crippen LogP contribution in [0.5, 0.6) is 0 Å². The fourth-order valence-corrected chi connectivity index (χ4v) is 14.4. The van der Waals surface area contributed by atoms with Crippen LogP contribution in [0.2, 0.25) is 0 Å². The summed E-state index contributed by atoms with van der Waals surface area (Å²) in [5.74, 6) is -4.03. The Bertz CT molecular complexity index is 2970. The summed E-state index contributed by atoms with van der Waals surface area (Å²) in [5, 5.41) is 20.5. The number of imide groups is 1. The van der Waals surface area contributed by atoms with E-state index in [1.165, 1.54) is 37.3 Å². The molecule has 6 amide bonds. The first-order valence-corrected chi connectivity index (χ1v) is 28.4. The number of halogens is 1. The standard InChI is InChI=1S/C32H40BrN5O5.C26H37N5O2/c1-16(2)12-24-29(40)37-11-7-10-25(37)32(42)38(24)30(41)31(43-32,17(3)4)35-28(39)18-13-20-19-8-6-9-22-26(19)21(27(33)34-22)14-23(20)36(5)15-18;1-5-11-30-17-19(25(32)31(26(33)27-6-2)13-8-12-29(3)4)14-21-20-9-7-10-22-24(20)18(16-28-22)15-23(21)30/h6,8-9,13,16-18,23-25,34,42H,7,10-12,14-15H2,1-5H3,(H,35,39);5,7,9-10,16,19,21,23,28H,1,6,8,11-15,17H2,2-4H3,(H,27,33)/t18-,23-,24+,25+,31-,32+;19-,21-,23-/m11/s1. The van der Waals surface area contributed by atoms with Gasteiger partial charge in [0, 0.05) is 91.2 Å². The van der Waals surface area contributed by atoms with E-state index in [4.69, 9.17) is 4.74 Å². The molecule has 18 heteroatoms. The number of aliphatic hydroxyl groups is 1. The van der Waals surface area contributed by atoms with E-state index >= 15 is 0 Å². The lowest BCUT2D eigenvalue weighted by Gasteiger charge is -2.49. The van der Waals surface area contributed by atoms with Gasteiger partial charge in [-0.25, -0.2) is 4.79 Å². The number of carbonyl (C=O) groups is 5. The van der Waals surface area contributed by atoms with Crippen molar-refractivity contribution in [3.05, 3.63) is 88.2 Å². The number of urea groups is 1. The van der Waals surface area contributed by atoms with Crippen LogP contribution in [-0.2, 0) is 36.8 Å². The van der Waals surface area contributed by atoms with E-state index in [9.17, 15) is 29.1 Å². The molecule has 76 heavy (non-hydrogen) atoms. The van der Waals surface area contributed by atoms with Crippen molar-refractivity contribution in [2.75, 3.05) is 67.0 Å². The van der Waals surface area contributed by atoms with Crippen molar-refractivity contribution in [2.45, 2.75) is 121 Å². The second kappa shape index (κ2) is 21.1. The number of benzene rings is 2. The molecule has 7 aliphatic rings. The summed E-state index contributed by atoms with van der Waals surface area (Å²) in [5.41, 5.74) is 6.52. The Kier molecular flexibility index (Phi) is 15.0. The summed E-state index contributed by atoms with van der Waals surface area (Å²) in [4.78, 5) is 86.7. The molecule has 4 saturated heterocycles. The summed E-state index contributed by atoms with van der Waals surface area (Å²) in [6, 6.07) is 11.3. The third-order valence-corrected chi connectivity index (χ3v) is 18.0. The summed E-state index contributed by atoms with van der Waals surface area (Å²) in [6.45, 7) is 17.6. The van der Waals surface area contributed by atoms with Crippen molar-refractivity contribution >= 4 is 73.0 Å². The van der Waals surface area contributed by atoms with Crippen molar-refractivity contribution in [3.63, 3.8) is 0 Å². The molecule has 17 nitrogen and oxygen atoms in total. The van der Waals surface area contributed by atoms with E-state index in [-0.39, 0.29) is 47.5 Å². The van der Waals surface area contributed by atoms with Gasteiger partial charge >= 0.3 is 6.03 Å². The first kappa shape index (κ1) is 54.0. The molecule has 5 N–H and O–H groups in total. The molecule has 0 saturated carbocycles. The summed E-state index contributed by atoms with van der Waals surface area (Å²) in [6.07, 6.45) is 11.0. The number of ether oxygens (including phenoxy) is 1. The number of amides is 6. The monoisotopic (exact) mass is 1100 g/mol. The molecule has 11 rings (SSSR count). The number of nitrogens with one attached hydrogen (secondary N) is 4. The molecular formula is C58H77BrN10O7. The van der Waals surface area contributed by atoms with E-state index in [0.717, 1.165) is 72.0 Å². The number of fused-ring (bicyclic) bond motifs is 7. The lowest BCUT2D eigenvalue weighted by molar-refractivity contribution is -0.322. The van der Waals surface area contributed by atoms with Gasteiger partial charge in [-0.2, -0.15) is 0 Å². The highest BCUT2D eigenvalue weighted by Gasteiger charge is 2.72. The number of likely N-dealkylation sites (tertiary alicyclic amines) is 1. The number of H-pyrrole nitrogens is 2. The van der Waals surface area contributed by atoms with Crippen LogP contribution in [0.15, 0.2) is 65.9 Å². The maximum Gasteiger partial charge on any atom is 0.324 e. The number of piperidine rings is 1. The van der Waals surface area contributed by atoms with Gasteiger partial charge in [-0.15, -0.1) is 6.58 Å². The van der Waals surface area contributed by atoms with Crippen molar-refractivity contribution in [2.24, 2.45) is 23.7 Å². The van der Waals surface area contributed by atoms with Crippen LogP contribution in [0.3, 0.4) is 0 Å². The van der Waals surface area contributed by atoms with E-state index in [1.807, 2.05) is 60.1 Å². The van der Waals surface area contributed by atoms with Gasteiger partial charge in [0.1, 0.15) is 12.1 Å². The Morgan fingerprint density at radius 2 is 1.80 bits per heavy atom. The van der Waals surface area contributed by atoms with Gasteiger partial charge in [0.2, 0.25) is 23.4 Å². The van der Waals surface area contributed by atoms with Gasteiger partial charge in [0.05, 0.1) is 16.4 Å². The molecule has 5 aliphatic heterocycles. The number of rotatable bonds is 13. The second-order valence-corrected chi connectivity index (χ2v) is 24.1. The van der Waals surface area contributed by atoms with Crippen LogP contribution in [0.25, 0.3) is 27.4 Å². The molecule has 4 aromatic rings. The Balaban J connectivity index is 0.000000179. The molecule has 2 aromatic carbocycles. The molecule has 2 aromatic heterocycles. The van der Waals surface area contributed by atoms with Crippen LogP contribution in [0, 0.1) is 23.7 Å². The molecule has 0 unspecified atom stereocenters. The van der Waals surface area contributed by atoms with Crippen molar-refractivity contribution in [1.29, 1.82) is 0 Å². The van der Waals surface area contributed by atoms with Gasteiger partial charge in [0.15, 0.2) is 0 Å². The highest BCUT2D eigenvalue weighted by atomic mass is 79.9. The number of hydrogen-bond acceptors (Lipinski definition) is 10. The first-order chi connectivity index (χ1) is 36.3. The summed E-state index contributed by atoms with van der Waals surface area (Å²) >= 11 is 3.70. The van der Waals surface area contributed by atoms with E-state index in [2.05, 4.69) is 94.3 Å². The average molecular weight is 1110 g/mol. The van der Waals surface area contributed by atoms with E-state index in [0.29, 0.717) is 51.6 Å². The van der Waals surface area contributed by atoms with Gasteiger partial charge in [-0.1, -0.05) is 64.1 Å². The third kappa shape index (κ3) is 9.21. The number of likely N-dealkylation sites (N-methyl/N-ethyl adjacent to an activating group) is 1. The van der Waals surface area contributed by atoms with Gasteiger partial charge in [-0.05, 0) is 141 Å². The molecule has 7 heterocycles. The van der Waals surface area contributed by atoms with E-state index in [1.54, 1.807) is 18.7 Å². The predicted octanol–water partition coefficient (Wildman–Crippen LogP) is 6.39. The normalized spacial score (nSPS) is 28.8. The van der Waals surface area contributed by atoms with Crippen LogP contribution in [-0.4, -0.2) is 177 Å². The van der Waals surface area contributed by atoms with Gasteiger partial charge < -0.3 is 35.5 Å². The molecule has 2 aliphatic carbocycles. The zero-order chi connectivity index (χ0) is 54.1. The Hall–Kier alpha value is -5.37. The number of carbonyl (C=O) groups excluding carboxylic acids is 5. The lowest BCUT2D eigenvalue weighted by atomic mass is 9.72. The van der Waals surface area contributed by atoms with Crippen LogP contribution in [0.4, 0.5) is 4.79 Å². The van der Waals surface area contributed by atoms with Crippen LogP contribution < -0.4 is 10.6 Å². The molecule has 0 radical (unpaired) electrons. The minimum Gasteiger partial charge on any atom is -0.361 e. The molecule has 0 spiro atoms. The number of hydrogen-bond donors (Lipinski definition) is 5. The van der Waals surface area contributed by atoms with Crippen LogP contribution in [0.1, 0.15) is 94.9 Å². The minimum atomic E-state index is -2.01. The quantitative estimate of drug-likeness (QED) is 0.0940. The predicted molar refractivity (Wildman–Crippen MR) is 297 cm³/mol. The fourth-order valence-electron chi connectivity index (χ4n) is 13.8. The Morgan fingerprint density at radius 1 is 1.04 bits per heavy atom. The smallest absolute Gasteiger partial charge is 0.324 e. The minimum absolute atomic E-state index is 0.0562. The summed E-state index contributed by atoms with van der Waals surface area (Å²) in [7, 11) is 6.04. The lowest BCUT2D eigenvalue weighted by Crippen LogP contribution is -2.71. The van der Waals surface area contributed by atoms with Crippen molar-refractivity contribution < 1.29 is 33.8 Å². The Labute approximate surface area is 454 Å². The Morgan fingerprint density at radius 3 is 2.53 bits per heavy atom.